The molecule has 2 aromatic rings. The highest BCUT2D eigenvalue weighted by Gasteiger charge is 2.42. The first-order valence-corrected chi connectivity index (χ1v) is 11.0. The number of nitroso groups, excluding NO2 is 1. The predicted molar refractivity (Wildman–Crippen MR) is 106 cm³/mol. The predicted octanol–water partition coefficient (Wildman–Crippen LogP) is 5.08. The van der Waals surface area contributed by atoms with Gasteiger partial charge in [-0.05, 0) is 41.0 Å². The lowest BCUT2D eigenvalue weighted by atomic mass is 10.1. The summed E-state index contributed by atoms with van der Waals surface area (Å²) >= 11 is 3.42. The van der Waals surface area contributed by atoms with Gasteiger partial charge >= 0.3 is 0 Å². The first-order valence-electron chi connectivity index (χ1n) is 7.96. The third-order valence-corrected chi connectivity index (χ3v) is 8.06. The molecule has 26 heavy (non-hydrogen) atoms. The lowest BCUT2D eigenvalue weighted by molar-refractivity contribution is 0.551. The number of halogens is 3. The summed E-state index contributed by atoms with van der Waals surface area (Å²) in [5, 5.41) is 11.0. The highest BCUT2D eigenvalue weighted by Crippen LogP contribution is 2.56. The van der Waals surface area contributed by atoms with Gasteiger partial charge in [0, 0.05) is 21.9 Å². The standard InChI is InChI=1S/C18H18BrF2N3OS/c1-26(24-25)10-16(14-6-5-13(20)9-15(14)21)23-18(22)17(26)8-11-3-2-4-12(19)7-11/h2-7,9,16-17H,8,10H2,1H3,(H2,22,23). The molecule has 3 rings (SSSR count). The SMILES string of the molecule is CS1(N=O)CC(c2ccc(F)cc2F)NC(=N)C1Cc1cccc(Br)c1. The van der Waals surface area contributed by atoms with E-state index >= 15 is 0 Å². The van der Waals surface area contributed by atoms with Gasteiger partial charge in [-0.2, -0.15) is 0 Å². The van der Waals surface area contributed by atoms with Gasteiger partial charge in [0.15, 0.2) is 0 Å². The quantitative estimate of drug-likeness (QED) is 0.649. The van der Waals surface area contributed by atoms with E-state index in [0.29, 0.717) is 12.2 Å². The zero-order valence-corrected chi connectivity index (χ0v) is 16.4. The minimum absolute atomic E-state index is 0.169. The minimum atomic E-state index is -2.10. The van der Waals surface area contributed by atoms with Gasteiger partial charge in [-0.1, -0.05) is 44.3 Å². The van der Waals surface area contributed by atoms with Crippen LogP contribution in [0.25, 0.3) is 0 Å². The van der Waals surface area contributed by atoms with E-state index in [-0.39, 0.29) is 16.6 Å². The highest BCUT2D eigenvalue weighted by molar-refractivity contribution is 9.10. The van der Waals surface area contributed by atoms with E-state index < -0.39 is 27.9 Å². The summed E-state index contributed by atoms with van der Waals surface area (Å²) in [6.45, 7) is 0. The molecule has 1 heterocycles. The molecule has 4 nitrogen and oxygen atoms in total. The lowest BCUT2D eigenvalue weighted by Gasteiger charge is -2.45. The van der Waals surface area contributed by atoms with Crippen LogP contribution in [-0.4, -0.2) is 23.1 Å². The Balaban J connectivity index is 1.89. The molecule has 0 aromatic heterocycles. The summed E-state index contributed by atoms with van der Waals surface area (Å²) < 4.78 is 31.6. The maximum absolute atomic E-state index is 14.2. The van der Waals surface area contributed by atoms with Crippen LogP contribution < -0.4 is 5.32 Å². The second-order valence-corrected chi connectivity index (χ2v) is 10.6. The van der Waals surface area contributed by atoms with Crippen molar-refractivity contribution in [1.29, 1.82) is 5.41 Å². The normalized spacial score (nSPS) is 28.1. The molecule has 0 saturated carbocycles. The number of hydrogen-bond acceptors (Lipinski definition) is 3. The zero-order chi connectivity index (χ0) is 18.9. The van der Waals surface area contributed by atoms with Crippen molar-refractivity contribution in [3.63, 3.8) is 0 Å². The molecular formula is C18H18BrF2N3OS. The van der Waals surface area contributed by atoms with Crippen LogP contribution >= 0.6 is 26.1 Å². The van der Waals surface area contributed by atoms with Gasteiger partial charge in [-0.25, -0.2) is 8.78 Å². The Morgan fingerprint density at radius 3 is 2.73 bits per heavy atom. The Kier molecular flexibility index (Phi) is 5.43. The van der Waals surface area contributed by atoms with Crippen molar-refractivity contribution in [2.24, 2.45) is 4.58 Å². The first kappa shape index (κ1) is 19.0. The second-order valence-electron chi connectivity index (χ2n) is 6.45. The summed E-state index contributed by atoms with van der Waals surface area (Å²) in [5.74, 6) is -0.871. The maximum Gasteiger partial charge on any atom is 0.131 e. The molecule has 2 aromatic carbocycles. The van der Waals surface area contributed by atoms with E-state index in [1.807, 2.05) is 24.3 Å². The Hall–Kier alpha value is -1.80. The monoisotopic (exact) mass is 441 g/mol. The van der Waals surface area contributed by atoms with Gasteiger partial charge in [0.05, 0.1) is 11.3 Å². The summed E-state index contributed by atoms with van der Waals surface area (Å²) in [7, 11) is -2.10. The number of rotatable bonds is 4. The van der Waals surface area contributed by atoms with Crippen molar-refractivity contribution in [2.75, 3.05) is 12.0 Å². The number of hydrogen-bond donors (Lipinski definition) is 2. The van der Waals surface area contributed by atoms with Crippen LogP contribution in [0.2, 0.25) is 0 Å². The average molecular weight is 442 g/mol. The molecule has 0 bridgehead atoms. The molecule has 0 radical (unpaired) electrons. The molecule has 1 aliphatic heterocycles. The molecule has 8 heteroatoms. The van der Waals surface area contributed by atoms with Gasteiger partial charge in [0.25, 0.3) is 0 Å². The molecule has 1 aliphatic rings. The summed E-state index contributed by atoms with van der Waals surface area (Å²) in [6.07, 6.45) is 2.27. The Morgan fingerprint density at radius 2 is 2.08 bits per heavy atom. The van der Waals surface area contributed by atoms with Crippen molar-refractivity contribution >= 4 is 32.0 Å². The topological polar surface area (TPSA) is 65.3 Å². The fourth-order valence-corrected chi connectivity index (χ4v) is 6.13. The van der Waals surface area contributed by atoms with Gasteiger partial charge in [0.2, 0.25) is 0 Å². The number of benzene rings is 2. The summed E-state index contributed by atoms with van der Waals surface area (Å²) in [4.78, 5) is 11.7. The fraction of sp³-hybridized carbons (Fsp3) is 0.278. The molecule has 1 saturated heterocycles. The Labute approximate surface area is 160 Å². The van der Waals surface area contributed by atoms with Gasteiger partial charge in [-0.3, -0.25) is 5.41 Å². The number of nitrogens with zero attached hydrogens (tertiary/aromatic N) is 1. The molecule has 2 N–H and O–H groups in total. The molecule has 0 aliphatic carbocycles. The van der Waals surface area contributed by atoms with Crippen LogP contribution in [0.4, 0.5) is 8.78 Å². The number of nitrogens with one attached hydrogen (secondary N) is 2. The third-order valence-electron chi connectivity index (χ3n) is 4.59. The van der Waals surface area contributed by atoms with Crippen molar-refractivity contribution in [3.05, 3.63) is 74.6 Å². The lowest BCUT2D eigenvalue weighted by Crippen LogP contribution is -2.48. The van der Waals surface area contributed by atoms with Gasteiger partial charge < -0.3 is 5.32 Å². The summed E-state index contributed by atoms with van der Waals surface area (Å²) in [6, 6.07) is 10.5. The number of amidine groups is 1. The van der Waals surface area contributed by atoms with Gasteiger partial charge in [-0.15, -0.1) is 4.91 Å². The molecule has 0 spiro atoms. The van der Waals surface area contributed by atoms with Crippen LogP contribution in [0, 0.1) is 22.0 Å². The van der Waals surface area contributed by atoms with Crippen molar-refractivity contribution < 1.29 is 8.78 Å². The molecule has 1 fully saturated rings. The second kappa shape index (κ2) is 7.44. The summed E-state index contributed by atoms with van der Waals surface area (Å²) in [5.41, 5.74) is 1.24. The van der Waals surface area contributed by atoms with E-state index in [2.05, 4.69) is 25.8 Å². The molecule has 3 atom stereocenters. The molecule has 3 unspecified atom stereocenters. The Bertz CT molecular complexity index is 866. The third kappa shape index (κ3) is 3.81. The zero-order valence-electron chi connectivity index (χ0n) is 14.0. The highest BCUT2D eigenvalue weighted by atomic mass is 79.9. The van der Waals surface area contributed by atoms with Crippen molar-refractivity contribution in [1.82, 2.24) is 5.32 Å². The van der Waals surface area contributed by atoms with Gasteiger partial charge in [0.1, 0.15) is 17.5 Å². The molecular weight excluding hydrogens is 424 g/mol. The minimum Gasteiger partial charge on any atom is -0.365 e. The maximum atomic E-state index is 14.2. The molecule has 138 valence electrons. The Morgan fingerprint density at radius 1 is 1.31 bits per heavy atom. The first-order chi connectivity index (χ1) is 12.3. The smallest absolute Gasteiger partial charge is 0.131 e. The van der Waals surface area contributed by atoms with Crippen LogP contribution in [0.1, 0.15) is 17.2 Å². The van der Waals surface area contributed by atoms with Crippen molar-refractivity contribution in [2.45, 2.75) is 17.7 Å². The van der Waals surface area contributed by atoms with E-state index in [1.165, 1.54) is 12.1 Å². The van der Waals surface area contributed by atoms with Crippen LogP contribution in [0.3, 0.4) is 0 Å². The van der Waals surface area contributed by atoms with E-state index in [1.54, 1.807) is 6.26 Å². The van der Waals surface area contributed by atoms with Crippen LogP contribution in [-0.2, 0) is 6.42 Å². The fourth-order valence-electron chi connectivity index (χ4n) is 3.22. The van der Waals surface area contributed by atoms with Crippen LogP contribution in [0.5, 0.6) is 0 Å². The van der Waals surface area contributed by atoms with Crippen LogP contribution in [0.15, 0.2) is 51.5 Å². The van der Waals surface area contributed by atoms with E-state index in [9.17, 15) is 13.7 Å². The molecule has 0 amide bonds. The van der Waals surface area contributed by atoms with Crippen molar-refractivity contribution in [3.8, 4) is 0 Å². The van der Waals surface area contributed by atoms with E-state index in [4.69, 9.17) is 5.41 Å². The largest absolute Gasteiger partial charge is 0.365 e. The average Bonchev–Trinajstić information content (AvgIpc) is 2.58. The van der Waals surface area contributed by atoms with E-state index in [0.717, 1.165) is 16.1 Å².